The maximum Gasteiger partial charge on any atom is 0.446 e. The highest BCUT2D eigenvalue weighted by atomic mass is 32.2. The lowest BCUT2D eigenvalue weighted by molar-refractivity contribution is -0.121. The van der Waals surface area contributed by atoms with Gasteiger partial charge in [0.25, 0.3) is 5.91 Å². The van der Waals surface area contributed by atoms with Gasteiger partial charge < -0.3 is 10.6 Å². The van der Waals surface area contributed by atoms with Crippen LogP contribution in [0.5, 0.6) is 0 Å². The van der Waals surface area contributed by atoms with Crippen molar-refractivity contribution in [1.29, 1.82) is 0 Å². The number of carbonyl (C=O) groups excluding carboxylic acids is 2. The molecule has 3 amide bonds. The van der Waals surface area contributed by atoms with Crippen LogP contribution in [0.25, 0.3) is 0 Å². The predicted molar refractivity (Wildman–Crippen MR) is 109 cm³/mol. The van der Waals surface area contributed by atoms with Crippen molar-refractivity contribution in [3.63, 3.8) is 0 Å². The number of anilines is 2. The average Bonchev–Trinajstić information content (AvgIpc) is 2.85. The van der Waals surface area contributed by atoms with Crippen LogP contribution in [0.15, 0.2) is 47.6 Å². The van der Waals surface area contributed by atoms with Gasteiger partial charge in [-0.25, -0.2) is 9.69 Å². The van der Waals surface area contributed by atoms with Crippen LogP contribution in [0, 0.1) is 0 Å². The first-order chi connectivity index (χ1) is 14.0. The minimum Gasteiger partial charge on any atom is -0.381 e. The van der Waals surface area contributed by atoms with Crippen LogP contribution in [0.4, 0.5) is 29.3 Å². The number of nitrogens with one attached hydrogen (secondary N) is 2. The molecule has 0 spiro atoms. The third kappa shape index (κ3) is 4.86. The zero-order valence-electron chi connectivity index (χ0n) is 16.6. The van der Waals surface area contributed by atoms with Crippen molar-refractivity contribution in [2.45, 2.75) is 49.2 Å². The van der Waals surface area contributed by atoms with E-state index in [1.807, 2.05) is 13.8 Å². The Hall–Kier alpha value is -2.75. The number of aromatic nitrogens is 1. The van der Waals surface area contributed by atoms with Crippen LogP contribution in [0.1, 0.15) is 26.3 Å². The molecule has 2 N–H and O–H groups in total. The van der Waals surface area contributed by atoms with Gasteiger partial charge in [-0.15, -0.1) is 0 Å². The molecule has 1 aliphatic heterocycles. The van der Waals surface area contributed by atoms with E-state index in [4.69, 9.17) is 0 Å². The third-order valence-electron chi connectivity index (χ3n) is 4.49. The highest BCUT2D eigenvalue weighted by molar-refractivity contribution is 8.00. The minimum atomic E-state index is -4.41. The van der Waals surface area contributed by atoms with Crippen LogP contribution in [-0.2, 0) is 11.2 Å². The lowest BCUT2D eigenvalue weighted by Gasteiger charge is -2.24. The van der Waals surface area contributed by atoms with E-state index in [-0.39, 0.29) is 34.8 Å². The number of hydrogen-bond donors (Lipinski definition) is 2. The fourth-order valence-corrected chi connectivity index (χ4v) is 3.77. The molecule has 1 aromatic heterocycles. The second-order valence-corrected chi connectivity index (χ2v) is 8.59. The summed E-state index contributed by atoms with van der Waals surface area (Å²) in [7, 11) is 0. The second kappa shape index (κ2) is 8.17. The number of urea groups is 1. The summed E-state index contributed by atoms with van der Waals surface area (Å²) >= 11 is -0.255. The molecule has 1 atom stereocenters. The summed E-state index contributed by atoms with van der Waals surface area (Å²) in [6.45, 7) is 5.58. The lowest BCUT2D eigenvalue weighted by Crippen LogP contribution is -2.46. The van der Waals surface area contributed by atoms with Crippen LogP contribution in [0.2, 0.25) is 0 Å². The zero-order chi connectivity index (χ0) is 22.1. The molecule has 2 aromatic rings. The summed E-state index contributed by atoms with van der Waals surface area (Å²) < 4.78 is 37.5. The SMILES string of the molecule is CC(C)Nc1cnccc1CC1(C)NC(=O)N(c2ccc(SC(F)(F)F)cc2)C1=O. The summed E-state index contributed by atoms with van der Waals surface area (Å²) in [6.07, 6.45) is 3.50. The summed E-state index contributed by atoms with van der Waals surface area (Å²) in [6, 6.07) is 6.44. The van der Waals surface area contributed by atoms with Crippen LogP contribution >= 0.6 is 11.8 Å². The van der Waals surface area contributed by atoms with Gasteiger partial charge in [-0.2, -0.15) is 13.2 Å². The van der Waals surface area contributed by atoms with Gasteiger partial charge in [-0.3, -0.25) is 9.78 Å². The molecule has 160 valence electrons. The monoisotopic (exact) mass is 438 g/mol. The Kier molecular flexibility index (Phi) is 5.98. The number of nitrogens with zero attached hydrogens (tertiary/aromatic N) is 2. The average molecular weight is 438 g/mol. The number of pyridine rings is 1. The Labute approximate surface area is 176 Å². The van der Waals surface area contributed by atoms with Crippen molar-refractivity contribution in [3.05, 3.63) is 48.3 Å². The van der Waals surface area contributed by atoms with E-state index in [0.717, 1.165) is 16.2 Å². The highest BCUT2D eigenvalue weighted by Gasteiger charge is 2.48. The van der Waals surface area contributed by atoms with E-state index in [1.54, 1.807) is 25.4 Å². The smallest absolute Gasteiger partial charge is 0.381 e. The normalized spacial score (nSPS) is 19.4. The van der Waals surface area contributed by atoms with Gasteiger partial charge in [0.1, 0.15) is 5.54 Å². The molecule has 0 bridgehead atoms. The van der Waals surface area contributed by atoms with E-state index < -0.39 is 23.0 Å². The van der Waals surface area contributed by atoms with Gasteiger partial charge in [0.15, 0.2) is 0 Å². The maximum absolute atomic E-state index is 13.1. The van der Waals surface area contributed by atoms with E-state index in [0.29, 0.717) is 0 Å². The Balaban J connectivity index is 1.82. The molecule has 3 rings (SSSR count). The number of benzene rings is 1. The van der Waals surface area contributed by atoms with Crippen molar-refractivity contribution in [1.82, 2.24) is 10.3 Å². The van der Waals surface area contributed by atoms with Gasteiger partial charge in [-0.1, -0.05) is 0 Å². The molecule has 1 aromatic carbocycles. The Bertz CT molecular complexity index is 950. The number of imide groups is 1. The standard InChI is InChI=1S/C20H21F3N4O2S/c1-12(2)25-16-11-24-9-8-13(16)10-19(3)17(28)27(18(29)26-19)14-4-6-15(7-5-14)30-20(21,22)23/h4-9,11-12,25H,10H2,1-3H3,(H,26,29). The van der Waals surface area contributed by atoms with Crippen molar-refractivity contribution < 1.29 is 22.8 Å². The quantitative estimate of drug-likeness (QED) is 0.511. The first-order valence-electron chi connectivity index (χ1n) is 9.20. The second-order valence-electron chi connectivity index (χ2n) is 7.45. The molecule has 0 radical (unpaired) electrons. The Morgan fingerprint density at radius 2 is 1.87 bits per heavy atom. The summed E-state index contributed by atoms with van der Waals surface area (Å²) in [5.74, 6) is -0.476. The molecule has 1 unspecified atom stereocenters. The first kappa shape index (κ1) is 21.9. The topological polar surface area (TPSA) is 74.3 Å². The van der Waals surface area contributed by atoms with Crippen LogP contribution in [-0.4, -0.2) is 34.0 Å². The molecule has 30 heavy (non-hydrogen) atoms. The molecular weight excluding hydrogens is 417 g/mol. The number of hydrogen-bond acceptors (Lipinski definition) is 5. The van der Waals surface area contributed by atoms with E-state index in [2.05, 4.69) is 15.6 Å². The van der Waals surface area contributed by atoms with Crippen molar-refractivity contribution >= 4 is 35.1 Å². The largest absolute Gasteiger partial charge is 0.446 e. The number of thioether (sulfide) groups is 1. The summed E-state index contributed by atoms with van der Waals surface area (Å²) in [5, 5.41) is 5.98. The zero-order valence-corrected chi connectivity index (χ0v) is 17.4. The number of rotatable bonds is 6. The van der Waals surface area contributed by atoms with Crippen molar-refractivity contribution in [3.8, 4) is 0 Å². The third-order valence-corrected chi connectivity index (χ3v) is 5.23. The highest BCUT2D eigenvalue weighted by Crippen LogP contribution is 2.38. The van der Waals surface area contributed by atoms with Gasteiger partial charge in [-0.05, 0) is 68.4 Å². The van der Waals surface area contributed by atoms with Gasteiger partial charge in [0.2, 0.25) is 0 Å². The number of amides is 3. The molecule has 1 fully saturated rings. The molecule has 1 saturated heterocycles. The van der Waals surface area contributed by atoms with E-state index >= 15 is 0 Å². The number of alkyl halides is 3. The Morgan fingerprint density at radius 3 is 2.47 bits per heavy atom. The van der Waals surface area contributed by atoms with Crippen molar-refractivity contribution in [2.24, 2.45) is 0 Å². The fraction of sp³-hybridized carbons (Fsp3) is 0.350. The van der Waals surface area contributed by atoms with Crippen LogP contribution < -0.4 is 15.5 Å². The molecule has 0 aliphatic carbocycles. The van der Waals surface area contributed by atoms with Crippen molar-refractivity contribution in [2.75, 3.05) is 10.2 Å². The summed E-state index contributed by atoms with van der Waals surface area (Å²) in [4.78, 5) is 30.7. The molecule has 2 heterocycles. The minimum absolute atomic E-state index is 0.0257. The molecular formula is C20H21F3N4O2S. The predicted octanol–water partition coefficient (Wildman–Crippen LogP) is 4.57. The molecule has 1 aliphatic rings. The van der Waals surface area contributed by atoms with Crippen LogP contribution in [0.3, 0.4) is 0 Å². The van der Waals surface area contributed by atoms with Gasteiger partial charge >= 0.3 is 11.5 Å². The van der Waals surface area contributed by atoms with E-state index in [9.17, 15) is 22.8 Å². The number of carbonyl (C=O) groups is 2. The van der Waals surface area contributed by atoms with Gasteiger partial charge in [0, 0.05) is 23.6 Å². The Morgan fingerprint density at radius 1 is 1.20 bits per heavy atom. The number of halogens is 3. The fourth-order valence-electron chi connectivity index (χ4n) is 3.23. The first-order valence-corrected chi connectivity index (χ1v) is 10.0. The van der Waals surface area contributed by atoms with Gasteiger partial charge in [0.05, 0.1) is 17.6 Å². The molecule has 6 nitrogen and oxygen atoms in total. The van der Waals surface area contributed by atoms with E-state index in [1.165, 1.54) is 24.3 Å². The summed E-state index contributed by atoms with van der Waals surface area (Å²) in [5.41, 5.74) is -3.82. The lowest BCUT2D eigenvalue weighted by atomic mass is 9.92. The molecule has 10 heteroatoms. The maximum atomic E-state index is 13.1. The molecule has 0 saturated carbocycles.